The lowest BCUT2D eigenvalue weighted by Gasteiger charge is -2.49. The van der Waals surface area contributed by atoms with E-state index in [4.69, 9.17) is 0 Å². The predicted molar refractivity (Wildman–Crippen MR) is 85.9 cm³/mol. The smallest absolute Gasteiger partial charge is 0.0309 e. The number of nitrogens with one attached hydrogen (secondary N) is 1. The third kappa shape index (κ3) is 3.12. The van der Waals surface area contributed by atoms with E-state index < -0.39 is 0 Å². The summed E-state index contributed by atoms with van der Waals surface area (Å²) in [5.41, 5.74) is 0.382. The Hall–Kier alpha value is -0.340. The molecule has 0 aromatic heterocycles. The van der Waals surface area contributed by atoms with Crippen LogP contribution in [0, 0.1) is 11.8 Å². The number of rotatable bonds is 4. The Morgan fingerprint density at radius 3 is 2.55 bits per heavy atom. The molecule has 2 unspecified atom stereocenters. The van der Waals surface area contributed by atoms with Crippen LogP contribution in [0.15, 0.2) is 12.2 Å². The van der Waals surface area contributed by atoms with Crippen molar-refractivity contribution in [3.8, 4) is 0 Å². The van der Waals surface area contributed by atoms with Crippen LogP contribution < -0.4 is 5.32 Å². The van der Waals surface area contributed by atoms with E-state index in [1.165, 1.54) is 58.0 Å². The van der Waals surface area contributed by atoms with Crippen LogP contribution >= 0.6 is 0 Å². The van der Waals surface area contributed by atoms with Gasteiger partial charge in [0.2, 0.25) is 0 Å². The summed E-state index contributed by atoms with van der Waals surface area (Å²) in [5.74, 6) is 1.87. The largest absolute Gasteiger partial charge is 0.308 e. The SMILES string of the molecule is C/C=C/CN1CC(C)(C2CC2)NCC1C1CCCCC1. The van der Waals surface area contributed by atoms with E-state index in [2.05, 4.69) is 36.2 Å². The topological polar surface area (TPSA) is 15.3 Å². The van der Waals surface area contributed by atoms with Crippen LogP contribution in [0.5, 0.6) is 0 Å². The fourth-order valence-corrected chi connectivity index (χ4v) is 4.48. The fraction of sp³-hybridized carbons (Fsp3) is 0.889. The molecule has 2 saturated carbocycles. The molecule has 0 aromatic rings. The van der Waals surface area contributed by atoms with Crippen molar-refractivity contribution in [1.82, 2.24) is 10.2 Å². The summed E-state index contributed by atoms with van der Waals surface area (Å²) >= 11 is 0. The minimum Gasteiger partial charge on any atom is -0.308 e. The molecule has 2 heteroatoms. The first-order valence-corrected chi connectivity index (χ1v) is 8.83. The van der Waals surface area contributed by atoms with Crippen LogP contribution in [-0.4, -0.2) is 36.1 Å². The maximum absolute atomic E-state index is 3.95. The van der Waals surface area contributed by atoms with Gasteiger partial charge in [0.15, 0.2) is 0 Å². The molecule has 1 aliphatic heterocycles. The van der Waals surface area contributed by atoms with E-state index in [1.807, 2.05) is 0 Å². The molecular weight excluding hydrogens is 244 g/mol. The van der Waals surface area contributed by atoms with Crippen LogP contribution in [0.2, 0.25) is 0 Å². The lowest BCUT2D eigenvalue weighted by molar-refractivity contribution is 0.0428. The summed E-state index contributed by atoms with van der Waals surface area (Å²) < 4.78 is 0. The quantitative estimate of drug-likeness (QED) is 0.790. The lowest BCUT2D eigenvalue weighted by atomic mass is 9.80. The average Bonchev–Trinajstić information content (AvgIpc) is 3.31. The number of allylic oxidation sites excluding steroid dienone is 1. The second-order valence-electron chi connectivity index (χ2n) is 7.54. The van der Waals surface area contributed by atoms with Crippen molar-refractivity contribution in [3.05, 3.63) is 12.2 Å². The normalized spacial score (nSPS) is 37.6. The van der Waals surface area contributed by atoms with E-state index in [1.54, 1.807) is 0 Å². The van der Waals surface area contributed by atoms with E-state index >= 15 is 0 Å². The summed E-state index contributed by atoms with van der Waals surface area (Å²) in [5, 5.41) is 3.95. The second kappa shape index (κ2) is 6.19. The van der Waals surface area contributed by atoms with Crippen molar-refractivity contribution in [1.29, 1.82) is 0 Å². The molecule has 0 bridgehead atoms. The Kier molecular flexibility index (Phi) is 4.52. The van der Waals surface area contributed by atoms with Gasteiger partial charge in [0, 0.05) is 31.2 Å². The Balaban J connectivity index is 1.68. The number of piperazine rings is 1. The predicted octanol–water partition coefficient (Wildman–Crippen LogP) is 3.59. The number of hydrogen-bond donors (Lipinski definition) is 1. The molecule has 3 fully saturated rings. The molecule has 3 rings (SSSR count). The second-order valence-corrected chi connectivity index (χ2v) is 7.54. The van der Waals surface area contributed by atoms with E-state index in [0.717, 1.165) is 24.4 Å². The van der Waals surface area contributed by atoms with Crippen molar-refractivity contribution in [3.63, 3.8) is 0 Å². The maximum Gasteiger partial charge on any atom is 0.0309 e. The number of hydrogen-bond acceptors (Lipinski definition) is 2. The molecule has 2 aliphatic carbocycles. The molecule has 0 radical (unpaired) electrons. The van der Waals surface area contributed by atoms with Gasteiger partial charge in [0.05, 0.1) is 0 Å². The molecule has 2 atom stereocenters. The minimum atomic E-state index is 0.382. The third-order valence-corrected chi connectivity index (χ3v) is 5.96. The first kappa shape index (κ1) is 14.6. The Bertz CT molecular complexity index is 341. The molecule has 1 N–H and O–H groups in total. The fourth-order valence-electron chi connectivity index (χ4n) is 4.48. The van der Waals surface area contributed by atoms with Gasteiger partial charge in [-0.15, -0.1) is 0 Å². The molecule has 2 nitrogen and oxygen atoms in total. The highest BCUT2D eigenvalue weighted by atomic mass is 15.3. The maximum atomic E-state index is 3.95. The number of nitrogens with zero attached hydrogens (tertiary/aromatic N) is 1. The summed E-state index contributed by atoms with van der Waals surface area (Å²) in [4.78, 5) is 2.80. The van der Waals surface area contributed by atoms with Gasteiger partial charge in [-0.2, -0.15) is 0 Å². The Morgan fingerprint density at radius 2 is 1.90 bits per heavy atom. The zero-order valence-electron chi connectivity index (χ0n) is 13.4. The zero-order valence-corrected chi connectivity index (χ0v) is 13.4. The molecule has 0 spiro atoms. The highest BCUT2D eigenvalue weighted by molar-refractivity contribution is 5.06. The Labute approximate surface area is 125 Å². The highest BCUT2D eigenvalue weighted by Crippen LogP contribution is 2.42. The van der Waals surface area contributed by atoms with Crippen LogP contribution in [0.3, 0.4) is 0 Å². The van der Waals surface area contributed by atoms with Gasteiger partial charge in [-0.05, 0) is 51.4 Å². The highest BCUT2D eigenvalue weighted by Gasteiger charge is 2.46. The van der Waals surface area contributed by atoms with Gasteiger partial charge in [-0.25, -0.2) is 0 Å². The van der Waals surface area contributed by atoms with Crippen molar-refractivity contribution >= 4 is 0 Å². The van der Waals surface area contributed by atoms with Gasteiger partial charge >= 0.3 is 0 Å². The summed E-state index contributed by atoms with van der Waals surface area (Å²) in [6.45, 7) is 8.24. The van der Waals surface area contributed by atoms with Gasteiger partial charge in [0.25, 0.3) is 0 Å². The molecule has 114 valence electrons. The van der Waals surface area contributed by atoms with Crippen molar-refractivity contribution in [2.24, 2.45) is 11.8 Å². The van der Waals surface area contributed by atoms with Crippen LogP contribution in [-0.2, 0) is 0 Å². The molecule has 1 saturated heterocycles. The minimum absolute atomic E-state index is 0.382. The van der Waals surface area contributed by atoms with Gasteiger partial charge in [-0.3, -0.25) is 4.90 Å². The summed E-state index contributed by atoms with van der Waals surface area (Å²) in [6, 6.07) is 0.776. The summed E-state index contributed by atoms with van der Waals surface area (Å²) in [6.07, 6.45) is 14.7. The van der Waals surface area contributed by atoms with E-state index in [0.29, 0.717) is 5.54 Å². The molecule has 20 heavy (non-hydrogen) atoms. The lowest BCUT2D eigenvalue weighted by Crippen LogP contribution is -2.65. The van der Waals surface area contributed by atoms with Crippen LogP contribution in [0.25, 0.3) is 0 Å². The standard InChI is InChI=1S/C18H32N2/c1-3-4-12-20-14-18(2,16-10-11-16)19-13-17(20)15-8-6-5-7-9-15/h3-4,15-17,19H,5-14H2,1-2H3/b4-3+. The van der Waals surface area contributed by atoms with Crippen molar-refractivity contribution in [2.75, 3.05) is 19.6 Å². The first-order chi connectivity index (χ1) is 9.73. The molecule has 3 aliphatic rings. The van der Waals surface area contributed by atoms with Gasteiger partial charge < -0.3 is 5.32 Å². The average molecular weight is 276 g/mol. The third-order valence-electron chi connectivity index (χ3n) is 5.96. The summed E-state index contributed by atoms with van der Waals surface area (Å²) in [7, 11) is 0. The van der Waals surface area contributed by atoms with Crippen LogP contribution in [0.1, 0.15) is 58.8 Å². The van der Waals surface area contributed by atoms with Crippen molar-refractivity contribution < 1.29 is 0 Å². The first-order valence-electron chi connectivity index (χ1n) is 8.83. The van der Waals surface area contributed by atoms with Crippen LogP contribution in [0.4, 0.5) is 0 Å². The zero-order chi connectivity index (χ0) is 14.0. The molecule has 1 heterocycles. The van der Waals surface area contributed by atoms with E-state index in [-0.39, 0.29) is 0 Å². The monoisotopic (exact) mass is 276 g/mol. The van der Waals surface area contributed by atoms with Gasteiger partial charge in [0.1, 0.15) is 0 Å². The van der Waals surface area contributed by atoms with Crippen molar-refractivity contribution in [2.45, 2.75) is 70.4 Å². The van der Waals surface area contributed by atoms with E-state index in [9.17, 15) is 0 Å². The molecular formula is C18H32N2. The molecule has 0 aromatic carbocycles. The van der Waals surface area contributed by atoms with Gasteiger partial charge in [-0.1, -0.05) is 31.4 Å². The molecule has 0 amide bonds. The Morgan fingerprint density at radius 1 is 1.15 bits per heavy atom.